The third-order valence-electron chi connectivity index (χ3n) is 6.20. The lowest BCUT2D eigenvalue weighted by atomic mass is 9.88. The summed E-state index contributed by atoms with van der Waals surface area (Å²) < 4.78 is 85.5. The topological polar surface area (TPSA) is 50.0 Å². The van der Waals surface area contributed by atoms with Crippen molar-refractivity contribution >= 4 is 11.8 Å². The molecular formula is C25H26F6N4O2. The fourth-order valence-corrected chi connectivity index (χ4v) is 4.67. The molecule has 1 aliphatic rings. The lowest BCUT2D eigenvalue weighted by Crippen LogP contribution is -2.47. The van der Waals surface area contributed by atoms with Gasteiger partial charge in [-0.3, -0.25) is 9.88 Å². The van der Waals surface area contributed by atoms with E-state index in [0.29, 0.717) is 41.2 Å². The van der Waals surface area contributed by atoms with Gasteiger partial charge in [-0.15, -0.1) is 0 Å². The Hall–Kier alpha value is -3.49. The van der Waals surface area contributed by atoms with Gasteiger partial charge in [0.05, 0.1) is 29.1 Å². The summed E-state index contributed by atoms with van der Waals surface area (Å²) in [5.41, 5.74) is -1.15. The average molecular weight is 528 g/mol. The van der Waals surface area contributed by atoms with Crippen molar-refractivity contribution in [2.75, 3.05) is 11.5 Å². The molecule has 37 heavy (non-hydrogen) atoms. The Balaban J connectivity index is 2.12. The Morgan fingerprint density at radius 1 is 1.11 bits per heavy atom. The first-order valence-corrected chi connectivity index (χ1v) is 11.6. The van der Waals surface area contributed by atoms with E-state index in [1.807, 2.05) is 6.92 Å². The van der Waals surface area contributed by atoms with Crippen LogP contribution in [0.25, 0.3) is 4.95 Å². The number of aromatic nitrogens is 1. The van der Waals surface area contributed by atoms with Gasteiger partial charge >= 0.3 is 18.4 Å². The van der Waals surface area contributed by atoms with E-state index in [1.165, 1.54) is 4.90 Å². The maximum atomic E-state index is 13.4. The molecule has 200 valence electrons. The van der Waals surface area contributed by atoms with Gasteiger partial charge in [0.1, 0.15) is 12.6 Å². The molecule has 2 heterocycles. The molecule has 12 heteroatoms. The number of ether oxygens (including phenoxy) is 1. The maximum Gasteiger partial charge on any atom is 0.416 e. The molecular weight excluding hydrogens is 502 g/mol. The number of fused-ring (bicyclic) bond motifs is 1. The predicted molar refractivity (Wildman–Crippen MR) is 123 cm³/mol. The molecule has 1 aromatic carbocycles. The number of amides is 1. The number of hydrogen-bond donors (Lipinski definition) is 0. The van der Waals surface area contributed by atoms with Crippen molar-refractivity contribution in [3.63, 3.8) is 0 Å². The minimum absolute atomic E-state index is 0.0598. The van der Waals surface area contributed by atoms with Crippen LogP contribution in [0.15, 0.2) is 24.3 Å². The number of pyridine rings is 1. The van der Waals surface area contributed by atoms with Crippen LogP contribution < -0.4 is 4.90 Å². The van der Waals surface area contributed by atoms with Gasteiger partial charge < -0.3 is 4.74 Å². The summed E-state index contributed by atoms with van der Waals surface area (Å²) in [6.45, 7) is 14.3. The van der Waals surface area contributed by atoms with E-state index in [2.05, 4.69) is 9.94 Å². The number of aryl methyl sites for hydroxylation is 2. The van der Waals surface area contributed by atoms with Crippen molar-refractivity contribution in [2.24, 2.45) is 0 Å². The molecule has 1 aromatic heterocycles. The van der Waals surface area contributed by atoms with E-state index in [9.17, 15) is 31.1 Å². The normalized spacial score (nSPS) is 17.7. The Bertz CT molecular complexity index is 1170. The molecule has 0 spiro atoms. The number of carbonyl (C=O) groups is 1. The van der Waals surface area contributed by atoms with Gasteiger partial charge in [0.25, 0.3) is 0 Å². The van der Waals surface area contributed by atoms with E-state index >= 15 is 0 Å². The van der Waals surface area contributed by atoms with Crippen LogP contribution in [0.1, 0.15) is 66.4 Å². The van der Waals surface area contributed by atoms with Crippen LogP contribution in [0, 0.1) is 20.4 Å². The minimum atomic E-state index is -5.00. The Kier molecular flexibility index (Phi) is 7.95. The van der Waals surface area contributed by atoms with Crippen LogP contribution in [0.4, 0.5) is 36.8 Å². The minimum Gasteiger partial charge on any atom is -0.449 e. The standard InChI is InChI=1S/C25H26F6N4O2/c1-6-19-12-21(20-8-14(3)33-15(4)22(20)35(19)23(36)37-7-2)34(32-5)13-16-9-17(24(26,27)28)11-18(10-16)25(29,30)31/h8-11,19,21H,6-7,12-13H2,1-4H3. The van der Waals surface area contributed by atoms with Crippen molar-refractivity contribution in [3.8, 4) is 0 Å². The fraction of sp³-hybridized carbons (Fsp3) is 0.480. The molecule has 6 nitrogen and oxygen atoms in total. The lowest BCUT2D eigenvalue weighted by Gasteiger charge is -2.41. The third kappa shape index (κ3) is 5.92. The van der Waals surface area contributed by atoms with Crippen LogP contribution in [0.5, 0.6) is 0 Å². The van der Waals surface area contributed by atoms with Crippen LogP contribution >= 0.6 is 0 Å². The highest BCUT2D eigenvalue weighted by molar-refractivity contribution is 5.91. The number of benzene rings is 1. The summed E-state index contributed by atoms with van der Waals surface area (Å²) in [5.74, 6) is 0. The van der Waals surface area contributed by atoms with Crippen LogP contribution in [0.3, 0.4) is 0 Å². The van der Waals surface area contributed by atoms with Gasteiger partial charge in [-0.2, -0.15) is 37.9 Å². The van der Waals surface area contributed by atoms with Gasteiger partial charge in [0.15, 0.2) is 0 Å². The van der Waals surface area contributed by atoms with E-state index in [4.69, 9.17) is 11.3 Å². The molecule has 1 aliphatic heterocycles. The van der Waals surface area contributed by atoms with Gasteiger partial charge in [-0.1, -0.05) is 11.9 Å². The van der Waals surface area contributed by atoms with Gasteiger partial charge in [0, 0.05) is 17.3 Å². The molecule has 0 saturated heterocycles. The molecule has 2 aromatic rings. The SMILES string of the molecule is [C-]#[N+]N(Cc1cc(C(F)(F)F)cc(C(F)(F)F)c1)C1CC(CC)N(C(=O)OCC)c2c1cc(C)nc2C. The summed E-state index contributed by atoms with van der Waals surface area (Å²) in [4.78, 5) is 22.3. The summed E-state index contributed by atoms with van der Waals surface area (Å²) in [7, 11) is 0. The zero-order chi connectivity index (χ0) is 27.7. The Labute approximate surface area is 210 Å². The second-order valence-corrected chi connectivity index (χ2v) is 8.78. The number of alkyl halides is 6. The summed E-state index contributed by atoms with van der Waals surface area (Å²) in [6.07, 6.45) is -9.90. The van der Waals surface area contributed by atoms with Crippen molar-refractivity contribution in [2.45, 2.75) is 71.5 Å². The quantitative estimate of drug-likeness (QED) is 0.233. The van der Waals surface area contributed by atoms with E-state index in [0.717, 1.165) is 5.01 Å². The predicted octanol–water partition coefficient (Wildman–Crippen LogP) is 7.26. The Morgan fingerprint density at radius 2 is 1.70 bits per heavy atom. The molecule has 0 N–H and O–H groups in total. The van der Waals surface area contributed by atoms with E-state index < -0.39 is 48.2 Å². The fourth-order valence-electron chi connectivity index (χ4n) is 4.67. The molecule has 0 aliphatic carbocycles. The molecule has 0 radical (unpaired) electrons. The molecule has 0 fully saturated rings. The van der Waals surface area contributed by atoms with Crippen LogP contribution in [0.2, 0.25) is 0 Å². The number of carbonyl (C=O) groups excluding carboxylic acids is 1. The van der Waals surface area contributed by atoms with Crippen molar-refractivity contribution in [1.82, 2.24) is 9.99 Å². The summed E-state index contributed by atoms with van der Waals surface area (Å²) in [5, 5.41) is 1.14. The number of nitrogens with zero attached hydrogens (tertiary/aromatic N) is 4. The molecule has 0 saturated carbocycles. The number of halogens is 6. The highest BCUT2D eigenvalue weighted by Crippen LogP contribution is 2.44. The number of rotatable bonds is 5. The average Bonchev–Trinajstić information content (AvgIpc) is 2.80. The molecule has 2 atom stereocenters. The highest BCUT2D eigenvalue weighted by Gasteiger charge is 2.43. The first-order chi connectivity index (χ1) is 17.2. The van der Waals surface area contributed by atoms with Gasteiger partial charge in [-0.25, -0.2) is 4.79 Å². The van der Waals surface area contributed by atoms with Crippen molar-refractivity contribution < 1.29 is 35.9 Å². The zero-order valence-corrected chi connectivity index (χ0v) is 20.7. The third-order valence-corrected chi connectivity index (χ3v) is 6.20. The largest absolute Gasteiger partial charge is 0.449 e. The van der Waals surface area contributed by atoms with Gasteiger partial charge in [0.2, 0.25) is 0 Å². The Morgan fingerprint density at radius 3 is 2.19 bits per heavy atom. The molecule has 3 rings (SSSR count). The summed E-state index contributed by atoms with van der Waals surface area (Å²) >= 11 is 0. The second kappa shape index (κ2) is 10.5. The van der Waals surface area contributed by atoms with E-state index in [-0.39, 0.29) is 24.7 Å². The van der Waals surface area contributed by atoms with Crippen molar-refractivity contribution in [1.29, 1.82) is 0 Å². The monoisotopic (exact) mass is 528 g/mol. The second-order valence-electron chi connectivity index (χ2n) is 8.78. The maximum absolute atomic E-state index is 13.4. The molecule has 1 amide bonds. The zero-order valence-electron chi connectivity index (χ0n) is 20.7. The van der Waals surface area contributed by atoms with Crippen molar-refractivity contribution in [3.05, 3.63) is 69.4 Å². The smallest absolute Gasteiger partial charge is 0.416 e. The molecule has 0 bridgehead atoms. The summed E-state index contributed by atoms with van der Waals surface area (Å²) in [6, 6.07) is 1.84. The van der Waals surface area contributed by atoms with Gasteiger partial charge in [-0.05, 0) is 63.4 Å². The lowest BCUT2D eigenvalue weighted by molar-refractivity contribution is -0.143. The number of hydrogen-bond acceptors (Lipinski definition) is 4. The first-order valence-electron chi connectivity index (χ1n) is 11.6. The highest BCUT2D eigenvalue weighted by atomic mass is 19.4. The number of anilines is 1. The van der Waals surface area contributed by atoms with Crippen LogP contribution in [-0.4, -0.2) is 28.7 Å². The van der Waals surface area contributed by atoms with E-state index in [1.54, 1.807) is 26.8 Å². The molecule has 2 unspecified atom stereocenters. The van der Waals surface area contributed by atoms with Crippen LogP contribution in [-0.2, 0) is 23.6 Å². The first kappa shape index (κ1) is 28.1.